The third-order valence-electron chi connectivity index (χ3n) is 7.82. The number of nitrogens with one attached hydrogen (secondary N) is 2. The quantitative estimate of drug-likeness (QED) is 0.604. The summed E-state index contributed by atoms with van der Waals surface area (Å²) in [7, 11) is 2.05. The lowest BCUT2D eigenvalue weighted by Crippen LogP contribution is -2.34. The fourth-order valence-electron chi connectivity index (χ4n) is 5.85. The van der Waals surface area contributed by atoms with Crippen LogP contribution in [0.1, 0.15) is 42.2 Å². The van der Waals surface area contributed by atoms with Crippen LogP contribution in [-0.2, 0) is 0 Å². The highest BCUT2D eigenvalue weighted by Gasteiger charge is 2.69. The molecule has 7 nitrogen and oxygen atoms in total. The number of nitrogens with zero attached hydrogens (tertiary/aromatic N) is 5. The molecule has 4 aliphatic rings. The number of hydrogen-bond donors (Lipinski definition) is 2. The Hall–Kier alpha value is -3.01. The summed E-state index contributed by atoms with van der Waals surface area (Å²) < 4.78 is 40.7. The molecule has 2 saturated carbocycles. The van der Waals surface area contributed by atoms with Crippen LogP contribution < -0.4 is 15.5 Å². The molecular formula is C24H24F3N7. The number of hydrogen-bond acceptors (Lipinski definition) is 7. The van der Waals surface area contributed by atoms with Crippen LogP contribution in [0.3, 0.4) is 0 Å². The van der Waals surface area contributed by atoms with Crippen LogP contribution in [-0.4, -0.2) is 58.3 Å². The van der Waals surface area contributed by atoms with Crippen molar-refractivity contribution >= 4 is 22.5 Å². The summed E-state index contributed by atoms with van der Waals surface area (Å²) in [5.74, 6) is 0.204. The number of likely N-dealkylation sites (N-methyl/N-ethyl adjacent to an activating group) is 1. The van der Waals surface area contributed by atoms with Crippen LogP contribution in [0.4, 0.5) is 24.8 Å². The van der Waals surface area contributed by atoms with E-state index in [-0.39, 0.29) is 0 Å². The van der Waals surface area contributed by atoms with Crippen molar-refractivity contribution in [2.75, 3.05) is 30.4 Å². The van der Waals surface area contributed by atoms with E-state index in [1.54, 1.807) is 18.5 Å². The smallest absolute Gasteiger partial charge is 0.366 e. The molecule has 0 aromatic carbocycles. The van der Waals surface area contributed by atoms with E-state index in [2.05, 4.69) is 32.5 Å². The molecule has 0 radical (unpaired) electrons. The first kappa shape index (κ1) is 20.4. The third kappa shape index (κ3) is 3.00. The molecule has 3 aromatic rings. The standard InChI is InChI=1S/C24H24F3N7/c1-34(12-4-6-28-8-12)23-16-14(11-2-3-11)9-29-10-15(16)31-21(33-23)13-5-7-30-22-17(13)18-19(20(18)32-22)24(25,26)27/h5,7,9-12,18-20,28H,2-4,6,8H2,1H3,(H,30,32). The predicted octanol–water partition coefficient (Wildman–Crippen LogP) is 3.83. The van der Waals surface area contributed by atoms with Gasteiger partial charge in [-0.2, -0.15) is 13.2 Å². The number of halogens is 3. The SMILES string of the molecule is CN(c1nc(-c2ccnc3c2C2C(N3)C2C(F)(F)F)nc2cncc(C3CC3)c12)C1CCNC1. The Morgan fingerprint density at radius 3 is 2.71 bits per heavy atom. The molecule has 3 aromatic heterocycles. The van der Waals surface area contributed by atoms with Crippen molar-refractivity contribution in [2.45, 2.75) is 49.4 Å². The zero-order valence-corrected chi connectivity index (χ0v) is 18.6. The molecule has 4 atom stereocenters. The largest absolute Gasteiger partial charge is 0.394 e. The molecule has 0 bridgehead atoms. The molecule has 10 heteroatoms. The van der Waals surface area contributed by atoms with Gasteiger partial charge >= 0.3 is 6.18 Å². The minimum atomic E-state index is -4.25. The van der Waals surface area contributed by atoms with Gasteiger partial charge < -0.3 is 15.5 Å². The Morgan fingerprint density at radius 1 is 1.12 bits per heavy atom. The van der Waals surface area contributed by atoms with E-state index < -0.39 is 24.1 Å². The molecule has 2 aliphatic heterocycles. The first-order valence-electron chi connectivity index (χ1n) is 11.8. The Labute approximate surface area is 194 Å². The van der Waals surface area contributed by atoms with E-state index in [0.717, 1.165) is 54.6 Å². The second-order valence-electron chi connectivity index (χ2n) is 9.91. The average molecular weight is 467 g/mol. The lowest BCUT2D eigenvalue weighted by atomic mass is 10.0. The fourth-order valence-corrected chi connectivity index (χ4v) is 5.85. The molecule has 2 N–H and O–H groups in total. The van der Waals surface area contributed by atoms with Crippen molar-refractivity contribution in [1.82, 2.24) is 25.3 Å². The predicted molar refractivity (Wildman–Crippen MR) is 122 cm³/mol. The zero-order valence-electron chi connectivity index (χ0n) is 18.6. The van der Waals surface area contributed by atoms with Crippen molar-refractivity contribution in [3.8, 4) is 11.4 Å². The fraction of sp³-hybridized carbons (Fsp3) is 0.500. The van der Waals surface area contributed by atoms with Crippen molar-refractivity contribution in [1.29, 1.82) is 0 Å². The summed E-state index contributed by atoms with van der Waals surface area (Å²) >= 11 is 0. The van der Waals surface area contributed by atoms with Gasteiger partial charge in [-0.3, -0.25) is 4.98 Å². The lowest BCUT2D eigenvalue weighted by Gasteiger charge is -2.27. The van der Waals surface area contributed by atoms with Crippen LogP contribution in [0.25, 0.3) is 22.3 Å². The summed E-state index contributed by atoms with van der Waals surface area (Å²) in [5, 5.41) is 7.39. The topological polar surface area (TPSA) is 78.9 Å². The van der Waals surface area contributed by atoms with E-state index in [1.165, 1.54) is 0 Å². The molecule has 176 valence electrons. The van der Waals surface area contributed by atoms with Crippen molar-refractivity contribution in [3.05, 3.63) is 35.8 Å². The highest BCUT2D eigenvalue weighted by Crippen LogP contribution is 2.63. The van der Waals surface area contributed by atoms with Crippen molar-refractivity contribution in [2.24, 2.45) is 5.92 Å². The van der Waals surface area contributed by atoms with E-state index in [1.807, 2.05) is 6.20 Å². The second kappa shape index (κ2) is 7.00. The van der Waals surface area contributed by atoms with Gasteiger partial charge in [0.2, 0.25) is 0 Å². The van der Waals surface area contributed by atoms with E-state index in [4.69, 9.17) is 9.97 Å². The van der Waals surface area contributed by atoms with Gasteiger partial charge in [0, 0.05) is 60.5 Å². The van der Waals surface area contributed by atoms with E-state index >= 15 is 0 Å². The maximum absolute atomic E-state index is 13.6. The molecule has 7 rings (SSSR count). The molecule has 4 unspecified atom stereocenters. The highest BCUT2D eigenvalue weighted by molar-refractivity contribution is 5.94. The molecule has 34 heavy (non-hydrogen) atoms. The summed E-state index contributed by atoms with van der Waals surface area (Å²) in [6, 6.07) is 1.38. The van der Waals surface area contributed by atoms with Gasteiger partial charge in [-0.15, -0.1) is 0 Å². The Balaban J connectivity index is 1.40. The minimum absolute atomic E-state index is 0.290. The minimum Gasteiger partial charge on any atom is -0.366 e. The number of pyridine rings is 2. The average Bonchev–Trinajstić information content (AvgIpc) is 3.70. The summed E-state index contributed by atoms with van der Waals surface area (Å²) in [6.45, 7) is 1.82. The van der Waals surface area contributed by atoms with Gasteiger partial charge in [-0.05, 0) is 43.4 Å². The van der Waals surface area contributed by atoms with Gasteiger partial charge in [0.05, 0.1) is 17.6 Å². The van der Waals surface area contributed by atoms with Crippen molar-refractivity contribution in [3.63, 3.8) is 0 Å². The molecule has 2 aliphatic carbocycles. The first-order chi connectivity index (χ1) is 16.4. The number of alkyl halides is 3. The Morgan fingerprint density at radius 2 is 1.97 bits per heavy atom. The number of aromatic nitrogens is 4. The zero-order chi connectivity index (χ0) is 23.2. The van der Waals surface area contributed by atoms with Gasteiger partial charge in [0.1, 0.15) is 11.6 Å². The van der Waals surface area contributed by atoms with E-state index in [9.17, 15) is 13.2 Å². The van der Waals surface area contributed by atoms with Crippen LogP contribution in [0.15, 0.2) is 24.7 Å². The van der Waals surface area contributed by atoms with Crippen molar-refractivity contribution < 1.29 is 13.2 Å². The number of fused-ring (bicyclic) bond motifs is 4. The van der Waals surface area contributed by atoms with Crippen LogP contribution in [0.5, 0.6) is 0 Å². The molecule has 3 fully saturated rings. The number of anilines is 2. The maximum Gasteiger partial charge on any atom is 0.394 e. The summed E-state index contributed by atoms with van der Waals surface area (Å²) in [4.78, 5) is 20.8. The van der Waals surface area contributed by atoms with E-state index in [0.29, 0.717) is 34.7 Å². The van der Waals surface area contributed by atoms with Gasteiger partial charge in [-0.1, -0.05) is 0 Å². The summed E-state index contributed by atoms with van der Waals surface area (Å²) in [5.41, 5.74) is 3.10. The van der Waals surface area contributed by atoms with Crippen LogP contribution >= 0.6 is 0 Å². The van der Waals surface area contributed by atoms with Crippen LogP contribution in [0, 0.1) is 5.92 Å². The first-order valence-corrected chi connectivity index (χ1v) is 11.8. The molecule has 5 heterocycles. The molecule has 0 spiro atoms. The van der Waals surface area contributed by atoms with Crippen LogP contribution in [0.2, 0.25) is 0 Å². The molecular weight excluding hydrogens is 443 g/mol. The normalized spacial score (nSPS) is 27.4. The highest BCUT2D eigenvalue weighted by atomic mass is 19.4. The Kier molecular flexibility index (Phi) is 4.20. The Bertz CT molecular complexity index is 1300. The molecule has 1 saturated heterocycles. The van der Waals surface area contributed by atoms with Gasteiger partial charge in [0.15, 0.2) is 5.82 Å². The van der Waals surface area contributed by atoms with Gasteiger partial charge in [-0.25, -0.2) is 15.0 Å². The lowest BCUT2D eigenvalue weighted by molar-refractivity contribution is -0.149. The van der Waals surface area contributed by atoms with Gasteiger partial charge in [0.25, 0.3) is 0 Å². The third-order valence-corrected chi connectivity index (χ3v) is 7.82. The second-order valence-corrected chi connectivity index (χ2v) is 9.91. The molecule has 0 amide bonds. The summed E-state index contributed by atoms with van der Waals surface area (Å²) in [6.07, 6.45) is 4.29. The monoisotopic (exact) mass is 467 g/mol. The number of rotatable bonds is 4. The maximum atomic E-state index is 13.6.